The van der Waals surface area contributed by atoms with E-state index in [9.17, 15) is 5.11 Å². The number of rotatable bonds is 5. The molecule has 0 aromatic carbocycles. The standard InChI is InChI=1S/C19H27N5O/c1-13-14(2)23-18(15(3)22-13)11-20-10-16-6-4-8-21-19(16)24-9-5-7-17(25)12-24/h4,6,8,17,20,25H,5,7,9-12H2,1-3H3/t17-/m1/s1. The van der Waals surface area contributed by atoms with Gasteiger partial charge < -0.3 is 15.3 Å². The molecule has 0 unspecified atom stereocenters. The molecule has 0 amide bonds. The molecule has 1 aliphatic rings. The lowest BCUT2D eigenvalue weighted by Gasteiger charge is -2.32. The Kier molecular flexibility index (Phi) is 5.60. The molecule has 3 rings (SSSR count). The van der Waals surface area contributed by atoms with Crippen LogP contribution in [0.15, 0.2) is 18.3 Å². The summed E-state index contributed by atoms with van der Waals surface area (Å²) >= 11 is 0. The number of pyridine rings is 1. The molecule has 3 heterocycles. The van der Waals surface area contributed by atoms with Gasteiger partial charge in [0.25, 0.3) is 0 Å². The van der Waals surface area contributed by atoms with Gasteiger partial charge in [-0.1, -0.05) is 6.07 Å². The van der Waals surface area contributed by atoms with Crippen LogP contribution in [0.2, 0.25) is 0 Å². The number of aliphatic hydroxyl groups is 1. The maximum atomic E-state index is 9.94. The Bertz CT molecular complexity index is 734. The number of aromatic nitrogens is 3. The first-order valence-electron chi connectivity index (χ1n) is 8.93. The number of nitrogens with zero attached hydrogens (tertiary/aromatic N) is 4. The summed E-state index contributed by atoms with van der Waals surface area (Å²) in [6.07, 6.45) is 3.44. The van der Waals surface area contributed by atoms with Crippen LogP contribution in [0, 0.1) is 20.8 Å². The summed E-state index contributed by atoms with van der Waals surface area (Å²) in [5, 5.41) is 13.4. The van der Waals surface area contributed by atoms with Crippen LogP contribution in [0.1, 0.15) is 41.2 Å². The van der Waals surface area contributed by atoms with E-state index in [1.165, 1.54) is 0 Å². The second kappa shape index (κ2) is 7.89. The van der Waals surface area contributed by atoms with Gasteiger partial charge in [0.15, 0.2) is 0 Å². The van der Waals surface area contributed by atoms with Gasteiger partial charge >= 0.3 is 0 Å². The number of nitrogens with one attached hydrogen (secondary N) is 1. The largest absolute Gasteiger partial charge is 0.391 e. The van der Waals surface area contributed by atoms with E-state index in [4.69, 9.17) is 0 Å². The lowest BCUT2D eigenvalue weighted by Crippen LogP contribution is -2.39. The van der Waals surface area contributed by atoms with Crippen LogP contribution in [-0.2, 0) is 13.1 Å². The van der Waals surface area contributed by atoms with E-state index in [1.807, 2.05) is 33.0 Å². The summed E-state index contributed by atoms with van der Waals surface area (Å²) in [5.41, 5.74) is 5.07. The zero-order valence-electron chi connectivity index (χ0n) is 15.3. The van der Waals surface area contributed by atoms with Gasteiger partial charge in [-0.05, 0) is 39.7 Å². The van der Waals surface area contributed by atoms with E-state index in [0.29, 0.717) is 19.6 Å². The van der Waals surface area contributed by atoms with Crippen LogP contribution in [0.3, 0.4) is 0 Å². The Hall–Kier alpha value is -2.05. The summed E-state index contributed by atoms with van der Waals surface area (Å²) in [6.45, 7) is 8.98. The van der Waals surface area contributed by atoms with Crippen molar-refractivity contribution in [3.63, 3.8) is 0 Å². The van der Waals surface area contributed by atoms with Gasteiger partial charge in [-0.2, -0.15) is 0 Å². The van der Waals surface area contributed by atoms with Crippen molar-refractivity contribution in [2.75, 3.05) is 18.0 Å². The average Bonchev–Trinajstić information content (AvgIpc) is 2.60. The molecule has 0 saturated carbocycles. The van der Waals surface area contributed by atoms with Gasteiger partial charge in [-0.25, -0.2) is 4.98 Å². The fraction of sp³-hybridized carbons (Fsp3) is 0.526. The zero-order valence-corrected chi connectivity index (χ0v) is 15.3. The number of aryl methyl sites for hydroxylation is 3. The SMILES string of the molecule is Cc1nc(C)c(CNCc2cccnc2N2CCC[C@@H](O)C2)nc1C. The van der Waals surface area contributed by atoms with Crippen LogP contribution < -0.4 is 10.2 Å². The topological polar surface area (TPSA) is 74.2 Å². The molecule has 6 heteroatoms. The molecule has 0 aliphatic carbocycles. The molecular formula is C19H27N5O. The smallest absolute Gasteiger partial charge is 0.133 e. The molecule has 1 saturated heterocycles. The Morgan fingerprint density at radius 1 is 1.16 bits per heavy atom. The summed E-state index contributed by atoms with van der Waals surface area (Å²) < 4.78 is 0. The monoisotopic (exact) mass is 341 g/mol. The molecule has 1 aliphatic heterocycles. The highest BCUT2D eigenvalue weighted by atomic mass is 16.3. The first-order valence-corrected chi connectivity index (χ1v) is 8.93. The van der Waals surface area contributed by atoms with Crippen molar-refractivity contribution < 1.29 is 5.11 Å². The normalized spacial score (nSPS) is 17.8. The van der Waals surface area contributed by atoms with Crippen molar-refractivity contribution in [2.45, 2.75) is 52.8 Å². The first kappa shape index (κ1) is 17.8. The molecule has 0 spiro atoms. The minimum atomic E-state index is -0.259. The average molecular weight is 341 g/mol. The third-order valence-corrected chi connectivity index (χ3v) is 4.75. The van der Waals surface area contributed by atoms with E-state index in [-0.39, 0.29) is 6.10 Å². The minimum Gasteiger partial charge on any atom is -0.391 e. The summed E-state index contributed by atoms with van der Waals surface area (Å²) in [5.74, 6) is 0.969. The second-order valence-electron chi connectivity index (χ2n) is 6.76. The Labute approximate surface area is 149 Å². The Balaban J connectivity index is 1.67. The summed E-state index contributed by atoms with van der Waals surface area (Å²) in [7, 11) is 0. The van der Waals surface area contributed by atoms with Crippen LogP contribution >= 0.6 is 0 Å². The van der Waals surface area contributed by atoms with Crippen LogP contribution in [0.5, 0.6) is 0 Å². The molecule has 0 bridgehead atoms. The maximum absolute atomic E-state index is 9.94. The van der Waals surface area contributed by atoms with Gasteiger partial charge in [-0.3, -0.25) is 9.97 Å². The number of β-amino-alcohol motifs (C(OH)–C–C–N with tert-alkyl or cyclic N) is 1. The molecule has 2 aromatic rings. The van der Waals surface area contributed by atoms with Crippen LogP contribution in [0.25, 0.3) is 0 Å². The fourth-order valence-corrected chi connectivity index (χ4v) is 3.24. The molecule has 25 heavy (non-hydrogen) atoms. The van der Waals surface area contributed by atoms with Gasteiger partial charge in [0.2, 0.25) is 0 Å². The molecule has 2 N–H and O–H groups in total. The van der Waals surface area contributed by atoms with Crippen molar-refractivity contribution in [1.82, 2.24) is 20.3 Å². The lowest BCUT2D eigenvalue weighted by atomic mass is 10.1. The van der Waals surface area contributed by atoms with E-state index >= 15 is 0 Å². The van der Waals surface area contributed by atoms with Gasteiger partial charge in [0.05, 0.1) is 28.9 Å². The number of hydrogen-bond donors (Lipinski definition) is 2. The number of hydrogen-bond acceptors (Lipinski definition) is 6. The highest BCUT2D eigenvalue weighted by Gasteiger charge is 2.20. The summed E-state index contributed by atoms with van der Waals surface area (Å²) in [4.78, 5) is 15.9. The first-order chi connectivity index (χ1) is 12.0. The molecule has 0 radical (unpaired) electrons. The predicted molar refractivity (Wildman–Crippen MR) is 98.5 cm³/mol. The quantitative estimate of drug-likeness (QED) is 0.867. The molecular weight excluding hydrogens is 314 g/mol. The third-order valence-electron chi connectivity index (χ3n) is 4.75. The van der Waals surface area contributed by atoms with Crippen molar-refractivity contribution in [2.24, 2.45) is 0 Å². The number of aliphatic hydroxyl groups excluding tert-OH is 1. The van der Waals surface area contributed by atoms with Gasteiger partial charge in [0, 0.05) is 37.9 Å². The second-order valence-corrected chi connectivity index (χ2v) is 6.76. The maximum Gasteiger partial charge on any atom is 0.133 e. The van der Waals surface area contributed by atoms with Gasteiger partial charge in [-0.15, -0.1) is 0 Å². The molecule has 2 aromatic heterocycles. The molecule has 1 fully saturated rings. The third kappa shape index (κ3) is 4.32. The van der Waals surface area contributed by atoms with Crippen molar-refractivity contribution >= 4 is 5.82 Å². The zero-order chi connectivity index (χ0) is 17.8. The molecule has 6 nitrogen and oxygen atoms in total. The highest BCUT2D eigenvalue weighted by molar-refractivity contribution is 5.47. The number of piperidine rings is 1. The van der Waals surface area contributed by atoms with Gasteiger partial charge in [0.1, 0.15) is 5.82 Å². The van der Waals surface area contributed by atoms with E-state index < -0.39 is 0 Å². The van der Waals surface area contributed by atoms with E-state index in [1.54, 1.807) is 0 Å². The van der Waals surface area contributed by atoms with Crippen molar-refractivity contribution in [1.29, 1.82) is 0 Å². The summed E-state index contributed by atoms with van der Waals surface area (Å²) in [6, 6.07) is 4.05. The predicted octanol–water partition coefficient (Wildman–Crippen LogP) is 2.05. The van der Waals surface area contributed by atoms with Crippen molar-refractivity contribution in [3.8, 4) is 0 Å². The van der Waals surface area contributed by atoms with E-state index in [2.05, 4.69) is 31.2 Å². The lowest BCUT2D eigenvalue weighted by molar-refractivity contribution is 0.154. The highest BCUT2D eigenvalue weighted by Crippen LogP contribution is 2.22. The van der Waals surface area contributed by atoms with Crippen LogP contribution in [0.4, 0.5) is 5.82 Å². The van der Waals surface area contributed by atoms with E-state index in [0.717, 1.165) is 53.5 Å². The fourth-order valence-electron chi connectivity index (χ4n) is 3.24. The Morgan fingerprint density at radius 3 is 2.76 bits per heavy atom. The van der Waals surface area contributed by atoms with Crippen molar-refractivity contribution in [3.05, 3.63) is 46.7 Å². The molecule has 134 valence electrons. The Morgan fingerprint density at radius 2 is 1.96 bits per heavy atom. The molecule has 1 atom stereocenters. The van der Waals surface area contributed by atoms with Crippen LogP contribution in [-0.4, -0.2) is 39.3 Å². The minimum absolute atomic E-state index is 0.259. The number of anilines is 1.